The van der Waals surface area contributed by atoms with Crippen LogP contribution in [0.3, 0.4) is 0 Å². The second-order valence-corrected chi connectivity index (χ2v) is 7.57. The lowest BCUT2D eigenvalue weighted by molar-refractivity contribution is -0.116. The molecular formula is C17H13N3O6S. The van der Waals surface area contributed by atoms with Gasteiger partial charge in [0.2, 0.25) is 5.91 Å². The maximum Gasteiger partial charge on any atom is 0.339 e. The van der Waals surface area contributed by atoms with Crippen LogP contribution in [0.5, 0.6) is 5.75 Å². The molecule has 138 valence electrons. The lowest BCUT2D eigenvalue weighted by Crippen LogP contribution is -2.29. The maximum absolute atomic E-state index is 12.6. The summed E-state index contributed by atoms with van der Waals surface area (Å²) in [5, 5.41) is 2.70. The summed E-state index contributed by atoms with van der Waals surface area (Å²) < 4.78 is 30.3. The number of anilines is 1. The Kier molecular flexibility index (Phi) is 3.84. The zero-order valence-corrected chi connectivity index (χ0v) is 14.6. The molecule has 10 heteroatoms. The molecule has 2 aromatic carbocycles. The van der Waals surface area contributed by atoms with E-state index in [4.69, 9.17) is 4.18 Å². The second-order valence-electron chi connectivity index (χ2n) is 6.02. The number of aromatic nitrogens is 2. The quantitative estimate of drug-likeness (QED) is 0.450. The van der Waals surface area contributed by atoms with E-state index in [-0.39, 0.29) is 22.1 Å². The number of benzene rings is 2. The highest BCUT2D eigenvalue weighted by Gasteiger charge is 2.20. The third-order valence-electron chi connectivity index (χ3n) is 4.16. The van der Waals surface area contributed by atoms with Gasteiger partial charge in [-0.05, 0) is 48.4 Å². The fraction of sp³-hybridized carbons (Fsp3) is 0.118. The van der Waals surface area contributed by atoms with Crippen LogP contribution in [0.2, 0.25) is 0 Å². The van der Waals surface area contributed by atoms with Crippen LogP contribution in [0.15, 0.2) is 50.9 Å². The Hall–Kier alpha value is -3.40. The van der Waals surface area contributed by atoms with Gasteiger partial charge >= 0.3 is 21.2 Å². The van der Waals surface area contributed by atoms with Crippen LogP contribution in [0.25, 0.3) is 11.0 Å². The molecule has 0 spiro atoms. The van der Waals surface area contributed by atoms with E-state index in [0.29, 0.717) is 24.0 Å². The molecule has 0 radical (unpaired) electrons. The van der Waals surface area contributed by atoms with Gasteiger partial charge in [-0.25, -0.2) is 0 Å². The summed E-state index contributed by atoms with van der Waals surface area (Å²) in [6.07, 6.45) is 0.808. The Morgan fingerprint density at radius 3 is 2.37 bits per heavy atom. The number of rotatable bonds is 3. The maximum atomic E-state index is 12.6. The second kappa shape index (κ2) is 6.09. The molecule has 1 amide bonds. The van der Waals surface area contributed by atoms with Gasteiger partial charge in [0.1, 0.15) is 10.6 Å². The molecular weight excluding hydrogens is 374 g/mol. The van der Waals surface area contributed by atoms with E-state index in [1.807, 2.05) is 0 Å². The number of hydrogen-bond donors (Lipinski definition) is 3. The first-order chi connectivity index (χ1) is 12.8. The van der Waals surface area contributed by atoms with Gasteiger partial charge in [-0.3, -0.25) is 14.4 Å². The first-order valence-electron chi connectivity index (χ1n) is 7.95. The molecule has 27 heavy (non-hydrogen) atoms. The standard InChI is InChI=1S/C17H13N3O6S/c21-15-6-1-9-7-10(2-4-12(9)18-15)26-27(24,25)11-3-5-13-14(8-11)20-17(23)16(22)19-13/h2-5,7-8H,1,6H2,(H,18,21)(H,19,22)(H,20,23). The zero-order valence-electron chi connectivity index (χ0n) is 13.7. The molecule has 0 atom stereocenters. The van der Waals surface area contributed by atoms with Crippen LogP contribution in [0.4, 0.5) is 5.69 Å². The highest BCUT2D eigenvalue weighted by atomic mass is 32.2. The van der Waals surface area contributed by atoms with Crippen molar-refractivity contribution in [2.24, 2.45) is 0 Å². The Balaban J connectivity index is 1.68. The molecule has 1 aromatic heterocycles. The lowest BCUT2D eigenvalue weighted by atomic mass is 10.0. The smallest absolute Gasteiger partial charge is 0.339 e. The summed E-state index contributed by atoms with van der Waals surface area (Å²) in [6, 6.07) is 8.44. The van der Waals surface area contributed by atoms with Crippen molar-refractivity contribution < 1.29 is 17.4 Å². The predicted octanol–water partition coefficient (Wildman–Crippen LogP) is 0.869. The van der Waals surface area contributed by atoms with Gasteiger partial charge in [-0.1, -0.05) is 0 Å². The lowest BCUT2D eigenvalue weighted by Gasteiger charge is -2.17. The molecule has 4 rings (SSSR count). The van der Waals surface area contributed by atoms with Crippen molar-refractivity contribution in [1.82, 2.24) is 9.97 Å². The van der Waals surface area contributed by atoms with Crippen molar-refractivity contribution in [1.29, 1.82) is 0 Å². The van der Waals surface area contributed by atoms with E-state index in [0.717, 1.165) is 5.56 Å². The van der Waals surface area contributed by atoms with Gasteiger partial charge < -0.3 is 19.5 Å². The normalized spacial score (nSPS) is 13.9. The number of H-pyrrole nitrogens is 2. The summed E-state index contributed by atoms with van der Waals surface area (Å²) in [4.78, 5) is 38.6. The Morgan fingerprint density at radius 1 is 0.852 bits per heavy atom. The SMILES string of the molecule is O=C1CCc2cc(OS(=O)(=O)c3ccc4[nH]c(=O)c(=O)[nH]c4c3)ccc2N1. The Labute approximate surface area is 152 Å². The van der Waals surface area contributed by atoms with E-state index in [1.165, 1.54) is 24.3 Å². The number of hydrogen-bond acceptors (Lipinski definition) is 6. The number of carbonyl (C=O) groups excluding carboxylic acids is 1. The summed E-state index contributed by atoms with van der Waals surface area (Å²) in [5.41, 5.74) is 0.164. The van der Waals surface area contributed by atoms with Crippen molar-refractivity contribution in [3.63, 3.8) is 0 Å². The summed E-state index contributed by atoms with van der Waals surface area (Å²) >= 11 is 0. The van der Waals surface area contributed by atoms with Crippen molar-refractivity contribution in [2.75, 3.05) is 5.32 Å². The van der Waals surface area contributed by atoms with Crippen molar-refractivity contribution in [3.8, 4) is 5.75 Å². The van der Waals surface area contributed by atoms with Crippen LogP contribution in [0, 0.1) is 0 Å². The molecule has 0 saturated heterocycles. The Bertz CT molecular complexity index is 1310. The van der Waals surface area contributed by atoms with Gasteiger partial charge in [0, 0.05) is 12.1 Å². The topological polar surface area (TPSA) is 138 Å². The third kappa shape index (κ3) is 3.22. The molecule has 0 unspecified atom stereocenters. The van der Waals surface area contributed by atoms with Gasteiger partial charge in [0.05, 0.1) is 11.0 Å². The largest absolute Gasteiger partial charge is 0.379 e. The van der Waals surface area contributed by atoms with E-state index >= 15 is 0 Å². The fourth-order valence-electron chi connectivity index (χ4n) is 2.84. The summed E-state index contributed by atoms with van der Waals surface area (Å²) in [6.45, 7) is 0. The van der Waals surface area contributed by atoms with Gasteiger partial charge in [0.15, 0.2) is 0 Å². The van der Waals surface area contributed by atoms with Crippen molar-refractivity contribution >= 4 is 32.7 Å². The van der Waals surface area contributed by atoms with E-state index in [2.05, 4.69) is 15.3 Å². The number of aryl methyl sites for hydroxylation is 1. The minimum Gasteiger partial charge on any atom is -0.379 e. The summed E-state index contributed by atoms with van der Waals surface area (Å²) in [5.74, 6) is 0.0203. The van der Waals surface area contributed by atoms with Crippen LogP contribution < -0.4 is 20.6 Å². The number of aromatic amines is 2. The average molecular weight is 387 g/mol. The number of carbonyl (C=O) groups is 1. The zero-order chi connectivity index (χ0) is 19.2. The molecule has 0 fully saturated rings. The van der Waals surface area contributed by atoms with Crippen LogP contribution in [-0.4, -0.2) is 24.3 Å². The molecule has 0 aliphatic carbocycles. The molecule has 9 nitrogen and oxygen atoms in total. The molecule has 1 aliphatic heterocycles. The minimum absolute atomic E-state index is 0.0908. The fourth-order valence-corrected chi connectivity index (χ4v) is 3.79. The molecule has 2 heterocycles. The predicted molar refractivity (Wildman–Crippen MR) is 96.4 cm³/mol. The number of amides is 1. The van der Waals surface area contributed by atoms with Crippen LogP contribution in [-0.2, 0) is 21.3 Å². The number of nitrogens with one attached hydrogen (secondary N) is 3. The van der Waals surface area contributed by atoms with Crippen LogP contribution >= 0.6 is 0 Å². The van der Waals surface area contributed by atoms with Crippen molar-refractivity contribution in [3.05, 3.63) is 62.7 Å². The van der Waals surface area contributed by atoms with E-state index in [9.17, 15) is 22.8 Å². The van der Waals surface area contributed by atoms with Gasteiger partial charge in [-0.2, -0.15) is 8.42 Å². The summed E-state index contributed by atoms with van der Waals surface area (Å²) in [7, 11) is -4.17. The molecule has 1 aliphatic rings. The first kappa shape index (κ1) is 17.0. The van der Waals surface area contributed by atoms with Gasteiger partial charge in [-0.15, -0.1) is 0 Å². The molecule has 3 aromatic rings. The highest BCUT2D eigenvalue weighted by Crippen LogP contribution is 2.28. The average Bonchev–Trinajstić information content (AvgIpc) is 2.62. The third-order valence-corrected chi connectivity index (χ3v) is 5.40. The molecule has 0 bridgehead atoms. The first-order valence-corrected chi connectivity index (χ1v) is 9.36. The monoisotopic (exact) mass is 387 g/mol. The number of fused-ring (bicyclic) bond motifs is 2. The Morgan fingerprint density at radius 2 is 1.59 bits per heavy atom. The van der Waals surface area contributed by atoms with Crippen molar-refractivity contribution in [2.45, 2.75) is 17.7 Å². The van der Waals surface area contributed by atoms with E-state index in [1.54, 1.807) is 12.1 Å². The minimum atomic E-state index is -4.17. The highest BCUT2D eigenvalue weighted by molar-refractivity contribution is 7.87. The van der Waals surface area contributed by atoms with Gasteiger partial charge in [0.25, 0.3) is 0 Å². The van der Waals surface area contributed by atoms with Crippen LogP contribution in [0.1, 0.15) is 12.0 Å². The van der Waals surface area contributed by atoms with E-state index < -0.39 is 21.2 Å². The molecule has 0 saturated carbocycles. The molecule has 3 N–H and O–H groups in total.